The van der Waals surface area contributed by atoms with Crippen molar-refractivity contribution in [2.45, 2.75) is 108 Å². The molecule has 1 rings (SSSR count). The van der Waals surface area contributed by atoms with Crippen molar-refractivity contribution in [2.75, 3.05) is 26.4 Å². The van der Waals surface area contributed by atoms with Crippen LogP contribution in [0.1, 0.15) is 85.5 Å². The zero-order chi connectivity index (χ0) is 20.6. The van der Waals surface area contributed by atoms with Gasteiger partial charge in [0.25, 0.3) is 0 Å². The smallest absolute Gasteiger partial charge is 0.303 e. The summed E-state index contributed by atoms with van der Waals surface area (Å²) >= 11 is 1.63. The van der Waals surface area contributed by atoms with Crippen molar-refractivity contribution >= 4 is 17.7 Å². The third kappa shape index (κ3) is 10.5. The predicted molar refractivity (Wildman–Crippen MR) is 116 cm³/mol. The van der Waals surface area contributed by atoms with Crippen LogP contribution >= 0.6 is 11.8 Å². The molecule has 28 heavy (non-hydrogen) atoms. The highest BCUT2D eigenvalue weighted by atomic mass is 32.2. The maximum Gasteiger partial charge on any atom is 0.303 e. The highest BCUT2D eigenvalue weighted by Gasteiger charge is 2.47. The Bertz CT molecular complexity index is 393. The van der Waals surface area contributed by atoms with Crippen molar-refractivity contribution in [1.82, 2.24) is 0 Å². The van der Waals surface area contributed by atoms with Gasteiger partial charge < -0.3 is 18.9 Å². The number of ether oxygens (including phenoxy) is 4. The predicted octanol–water partition coefficient (Wildman–Crippen LogP) is 5.35. The summed E-state index contributed by atoms with van der Waals surface area (Å²) < 4.78 is 23.9. The van der Waals surface area contributed by atoms with Crippen LogP contribution in [0, 0.1) is 0 Å². The third-order valence-corrected chi connectivity index (χ3v) is 6.23. The molecule has 1 fully saturated rings. The molecule has 0 bridgehead atoms. The molecule has 0 amide bonds. The number of carbonyl (C=O) groups is 1. The summed E-state index contributed by atoms with van der Waals surface area (Å²) in [5.74, 6) is -0.270. The second-order valence-corrected chi connectivity index (χ2v) is 8.86. The van der Waals surface area contributed by atoms with Crippen LogP contribution in [0.4, 0.5) is 0 Å². The van der Waals surface area contributed by atoms with Crippen molar-refractivity contribution in [3.63, 3.8) is 0 Å². The Morgan fingerprint density at radius 3 is 2.07 bits per heavy atom. The van der Waals surface area contributed by atoms with E-state index in [2.05, 4.69) is 20.8 Å². The van der Waals surface area contributed by atoms with Crippen LogP contribution in [0.25, 0.3) is 0 Å². The average Bonchev–Trinajstić information content (AvgIpc) is 2.98. The highest BCUT2D eigenvalue weighted by Crippen LogP contribution is 2.39. The number of thioether (sulfide) groups is 1. The zero-order valence-electron chi connectivity index (χ0n) is 18.5. The number of esters is 1. The lowest BCUT2D eigenvalue weighted by molar-refractivity contribution is -0.153. The molecule has 1 aliphatic rings. The molecular weight excluding hydrogens is 376 g/mol. The lowest BCUT2D eigenvalue weighted by Crippen LogP contribution is -2.40. The molecule has 0 saturated carbocycles. The first kappa shape index (κ1) is 25.7. The fourth-order valence-electron chi connectivity index (χ4n) is 3.20. The average molecular weight is 419 g/mol. The van der Waals surface area contributed by atoms with Gasteiger partial charge in [0.05, 0.1) is 11.9 Å². The Kier molecular flexibility index (Phi) is 15.2. The molecule has 0 radical (unpaired) electrons. The maximum atomic E-state index is 11.6. The normalized spacial score (nSPS) is 24.6. The van der Waals surface area contributed by atoms with Gasteiger partial charge in [0, 0.05) is 26.7 Å². The molecule has 1 unspecified atom stereocenters. The fourth-order valence-corrected chi connectivity index (χ4v) is 4.68. The van der Waals surface area contributed by atoms with Gasteiger partial charge in [-0.25, -0.2) is 0 Å². The minimum absolute atomic E-state index is 0.0989. The van der Waals surface area contributed by atoms with Gasteiger partial charge in [-0.15, -0.1) is 11.8 Å². The molecule has 5 nitrogen and oxygen atoms in total. The van der Waals surface area contributed by atoms with Gasteiger partial charge in [0.2, 0.25) is 0 Å². The van der Waals surface area contributed by atoms with Crippen LogP contribution in [0.3, 0.4) is 0 Å². The van der Waals surface area contributed by atoms with E-state index in [1.807, 2.05) is 0 Å². The van der Waals surface area contributed by atoms with E-state index in [-0.39, 0.29) is 28.9 Å². The van der Waals surface area contributed by atoms with Crippen LogP contribution in [0.15, 0.2) is 0 Å². The molecule has 6 heteroatoms. The first-order chi connectivity index (χ1) is 13.6. The summed E-state index contributed by atoms with van der Waals surface area (Å²) in [7, 11) is 0. The highest BCUT2D eigenvalue weighted by molar-refractivity contribution is 8.00. The quantitative estimate of drug-likeness (QED) is 0.234. The van der Waals surface area contributed by atoms with Crippen molar-refractivity contribution < 1.29 is 23.7 Å². The van der Waals surface area contributed by atoms with E-state index in [0.717, 1.165) is 38.7 Å². The lowest BCUT2D eigenvalue weighted by atomic mass is 10.1. The third-order valence-electron chi connectivity index (χ3n) is 4.84. The van der Waals surface area contributed by atoms with Gasteiger partial charge in [0.1, 0.15) is 12.2 Å². The molecular formula is C22H42O5S. The van der Waals surface area contributed by atoms with Crippen molar-refractivity contribution in [3.05, 3.63) is 0 Å². The van der Waals surface area contributed by atoms with E-state index in [9.17, 15) is 4.79 Å². The summed E-state index contributed by atoms with van der Waals surface area (Å²) in [5.41, 5.74) is -0.320. The second-order valence-electron chi connectivity index (χ2n) is 7.52. The number of unbranched alkanes of at least 4 members (excludes halogenated alkanes) is 6. The molecule has 1 saturated heterocycles. The van der Waals surface area contributed by atoms with Gasteiger partial charge in [-0.2, -0.15) is 0 Å². The Balaban J connectivity index is 2.65. The van der Waals surface area contributed by atoms with E-state index < -0.39 is 0 Å². The van der Waals surface area contributed by atoms with Gasteiger partial charge in [-0.05, 0) is 19.3 Å². The Morgan fingerprint density at radius 2 is 1.39 bits per heavy atom. The summed E-state index contributed by atoms with van der Waals surface area (Å²) in [6.45, 7) is 10.7. The SMILES string of the molecule is CCCCCCCO[C@@H]1C(OC(C)=O)S[C@H](COCCCC)[C@@H]1OCCCC. The maximum absolute atomic E-state index is 11.6. The Hall–Kier alpha value is -0.300. The molecule has 166 valence electrons. The Labute approximate surface area is 176 Å². The molecule has 0 aliphatic carbocycles. The first-order valence-electron chi connectivity index (χ1n) is 11.3. The lowest BCUT2D eigenvalue weighted by Gasteiger charge is -2.26. The number of carbonyl (C=O) groups excluding carboxylic acids is 1. The first-order valence-corrected chi connectivity index (χ1v) is 12.2. The molecule has 0 aromatic rings. The largest absolute Gasteiger partial charge is 0.449 e. The van der Waals surface area contributed by atoms with E-state index in [0.29, 0.717) is 19.8 Å². The summed E-state index contributed by atoms with van der Waals surface area (Å²) in [4.78, 5) is 11.6. The molecule has 1 heterocycles. The van der Waals surface area contributed by atoms with E-state index in [1.165, 1.54) is 32.6 Å². The van der Waals surface area contributed by atoms with Crippen molar-refractivity contribution in [1.29, 1.82) is 0 Å². The van der Waals surface area contributed by atoms with E-state index >= 15 is 0 Å². The summed E-state index contributed by atoms with van der Waals surface area (Å²) in [6, 6.07) is 0. The topological polar surface area (TPSA) is 54.0 Å². The van der Waals surface area contributed by atoms with Crippen molar-refractivity contribution in [2.24, 2.45) is 0 Å². The van der Waals surface area contributed by atoms with Gasteiger partial charge in [0.15, 0.2) is 5.44 Å². The molecule has 0 N–H and O–H groups in total. The molecule has 0 spiro atoms. The van der Waals surface area contributed by atoms with E-state index in [4.69, 9.17) is 18.9 Å². The van der Waals surface area contributed by atoms with Crippen LogP contribution in [-0.2, 0) is 23.7 Å². The summed E-state index contributed by atoms with van der Waals surface area (Å²) in [5, 5.41) is 0.128. The van der Waals surface area contributed by atoms with Crippen LogP contribution in [-0.4, -0.2) is 55.3 Å². The molecule has 0 aromatic carbocycles. The van der Waals surface area contributed by atoms with Crippen LogP contribution < -0.4 is 0 Å². The number of hydrogen-bond donors (Lipinski definition) is 0. The molecule has 4 atom stereocenters. The van der Waals surface area contributed by atoms with Gasteiger partial charge in [-0.3, -0.25) is 4.79 Å². The molecule has 0 aromatic heterocycles. The van der Waals surface area contributed by atoms with E-state index in [1.54, 1.807) is 11.8 Å². The van der Waals surface area contributed by atoms with Gasteiger partial charge >= 0.3 is 5.97 Å². The monoisotopic (exact) mass is 418 g/mol. The second kappa shape index (κ2) is 16.5. The van der Waals surface area contributed by atoms with Crippen LogP contribution in [0.2, 0.25) is 0 Å². The fraction of sp³-hybridized carbons (Fsp3) is 0.955. The number of hydrogen-bond acceptors (Lipinski definition) is 6. The van der Waals surface area contributed by atoms with Crippen LogP contribution in [0.5, 0.6) is 0 Å². The van der Waals surface area contributed by atoms with Gasteiger partial charge in [-0.1, -0.05) is 59.3 Å². The zero-order valence-corrected chi connectivity index (χ0v) is 19.3. The standard InChI is InChI=1S/C22H42O5S/c1-5-8-11-12-13-16-26-21-20(25-15-10-7-3)19(17-24-14-9-6-2)28-22(21)27-18(4)23/h19-22H,5-17H2,1-4H3/t19-,20+,21+,22?/m1/s1. The minimum atomic E-state index is -0.320. The number of rotatable bonds is 17. The Morgan fingerprint density at radius 1 is 0.786 bits per heavy atom. The van der Waals surface area contributed by atoms with Crippen molar-refractivity contribution in [3.8, 4) is 0 Å². The summed E-state index contributed by atoms with van der Waals surface area (Å²) in [6.07, 6.45) is 9.94. The molecule has 1 aliphatic heterocycles. The minimum Gasteiger partial charge on any atom is -0.449 e.